The molecule has 74 heavy (non-hydrogen) atoms. The first-order chi connectivity index (χ1) is 35.9. The second kappa shape index (κ2) is 20.2. The predicted molar refractivity (Wildman–Crippen MR) is 284 cm³/mol. The van der Waals surface area contributed by atoms with Gasteiger partial charge < -0.3 is 24.5 Å². The number of benzene rings is 5. The van der Waals surface area contributed by atoms with Crippen molar-refractivity contribution in [3.8, 4) is 22.6 Å². The molecule has 17 heteroatoms. The van der Waals surface area contributed by atoms with Gasteiger partial charge in [0.2, 0.25) is 17.7 Å². The number of amides is 4. The molecular weight excluding hydrogens is 955 g/mol. The number of imide groups is 1. The number of thiazole rings is 1. The molecule has 3 N–H and O–H groups in total. The SMILES string of the molecule is Cc1c(Oc2ccc(CCCC(=O)N3CCN(c4ccc5c(C6CCC(=O)NC6=O)nn(C)c5c4)CC3)cc2)cccc1-c1ccc(N2CCc3cccc(C(=O)Nc4nc5ccccc5s4)c3C2)nc1C(=O)O. The number of para-hydroxylation sites is 1. The molecule has 1 atom stereocenters. The highest BCUT2D eigenvalue weighted by Crippen LogP contribution is 2.37. The highest BCUT2D eigenvalue weighted by molar-refractivity contribution is 7.22. The molecule has 6 heterocycles. The molecule has 374 valence electrons. The molecular formula is C57H53N9O7S. The van der Waals surface area contributed by atoms with Gasteiger partial charge in [-0.05, 0) is 127 Å². The molecule has 2 saturated heterocycles. The van der Waals surface area contributed by atoms with Crippen molar-refractivity contribution in [2.24, 2.45) is 7.05 Å². The van der Waals surface area contributed by atoms with Gasteiger partial charge in [-0.25, -0.2) is 14.8 Å². The van der Waals surface area contributed by atoms with E-state index in [-0.39, 0.29) is 29.3 Å². The number of piperidine rings is 1. The second-order valence-corrected chi connectivity index (χ2v) is 20.1. The third-order valence-electron chi connectivity index (χ3n) is 14.5. The van der Waals surface area contributed by atoms with Gasteiger partial charge >= 0.3 is 5.97 Å². The van der Waals surface area contributed by atoms with E-state index < -0.39 is 11.9 Å². The number of aromatic carboxylic acids is 1. The summed E-state index contributed by atoms with van der Waals surface area (Å²) in [5.74, 6) is -0.538. The number of nitrogens with one attached hydrogen (secondary N) is 2. The first-order valence-corrected chi connectivity index (χ1v) is 25.7. The number of anilines is 3. The molecule has 0 radical (unpaired) electrons. The number of carboxylic acids is 1. The van der Waals surface area contributed by atoms with E-state index >= 15 is 0 Å². The minimum absolute atomic E-state index is 0.0796. The maximum absolute atomic E-state index is 13.7. The Bertz CT molecular complexity index is 3490. The quantitative estimate of drug-likeness (QED) is 0.0930. The number of carbonyl (C=O) groups excluding carboxylic acids is 4. The summed E-state index contributed by atoms with van der Waals surface area (Å²) in [5.41, 5.74) is 8.87. The number of rotatable bonds is 13. The largest absolute Gasteiger partial charge is 0.476 e. The van der Waals surface area contributed by atoms with Gasteiger partial charge in [0.1, 0.15) is 17.3 Å². The number of ether oxygens (including phenoxy) is 1. The van der Waals surface area contributed by atoms with Gasteiger partial charge in [-0.2, -0.15) is 5.10 Å². The molecule has 0 saturated carbocycles. The molecule has 8 aromatic rings. The highest BCUT2D eigenvalue weighted by Gasteiger charge is 2.32. The molecule has 0 spiro atoms. The number of nitrogens with zero attached hydrogens (tertiary/aromatic N) is 7. The van der Waals surface area contributed by atoms with Crippen LogP contribution in [0.5, 0.6) is 11.5 Å². The summed E-state index contributed by atoms with van der Waals surface area (Å²) in [7, 11) is 1.87. The van der Waals surface area contributed by atoms with E-state index in [2.05, 4.69) is 31.7 Å². The molecule has 1 unspecified atom stereocenters. The summed E-state index contributed by atoms with van der Waals surface area (Å²) in [6, 6.07) is 36.7. The normalized spacial score (nSPS) is 15.8. The molecule has 3 aliphatic rings. The number of fused-ring (bicyclic) bond motifs is 3. The Hall–Kier alpha value is -8.44. The Balaban J connectivity index is 0.685. The van der Waals surface area contributed by atoms with Gasteiger partial charge in [-0.15, -0.1) is 0 Å². The molecule has 3 aliphatic heterocycles. The molecule has 11 rings (SSSR count). The minimum Gasteiger partial charge on any atom is -0.476 e. The molecule has 0 bridgehead atoms. The van der Waals surface area contributed by atoms with Crippen molar-refractivity contribution in [3.05, 3.63) is 154 Å². The fraction of sp³-hybridized carbons (Fsp3) is 0.263. The number of piperazine rings is 1. The summed E-state index contributed by atoms with van der Waals surface area (Å²) >= 11 is 1.42. The fourth-order valence-corrected chi connectivity index (χ4v) is 11.3. The maximum Gasteiger partial charge on any atom is 0.355 e. The summed E-state index contributed by atoms with van der Waals surface area (Å²) < 4.78 is 9.16. The van der Waals surface area contributed by atoms with E-state index in [1.54, 1.807) is 10.7 Å². The van der Waals surface area contributed by atoms with Crippen LogP contribution in [0, 0.1) is 6.92 Å². The molecule has 4 amide bonds. The van der Waals surface area contributed by atoms with Crippen LogP contribution in [-0.2, 0) is 40.8 Å². The number of aromatic nitrogens is 4. The zero-order chi connectivity index (χ0) is 51.0. The highest BCUT2D eigenvalue weighted by atomic mass is 32.1. The Morgan fingerprint density at radius 3 is 2.45 bits per heavy atom. The van der Waals surface area contributed by atoms with Crippen molar-refractivity contribution >= 4 is 78.7 Å². The lowest BCUT2D eigenvalue weighted by molar-refractivity contribution is -0.134. The number of carbonyl (C=O) groups is 5. The number of carboxylic acid groups (broad SMARTS) is 1. The smallest absolute Gasteiger partial charge is 0.355 e. The summed E-state index contributed by atoms with van der Waals surface area (Å²) in [5, 5.41) is 22.0. The molecule has 2 fully saturated rings. The van der Waals surface area contributed by atoms with Gasteiger partial charge in [0, 0.05) is 81.4 Å². The first-order valence-electron chi connectivity index (χ1n) is 24.9. The fourth-order valence-electron chi connectivity index (χ4n) is 10.5. The third kappa shape index (κ3) is 9.65. The van der Waals surface area contributed by atoms with Crippen LogP contribution in [0.1, 0.15) is 80.4 Å². The third-order valence-corrected chi connectivity index (χ3v) is 15.4. The Morgan fingerprint density at radius 2 is 1.65 bits per heavy atom. The summed E-state index contributed by atoms with van der Waals surface area (Å²) in [6.07, 6.45) is 3.30. The summed E-state index contributed by atoms with van der Waals surface area (Å²) in [6.45, 7) is 5.55. The van der Waals surface area contributed by atoms with Gasteiger partial charge in [-0.3, -0.25) is 34.5 Å². The number of hydrogen-bond donors (Lipinski definition) is 3. The average Bonchev–Trinajstić information content (AvgIpc) is 3.98. The lowest BCUT2D eigenvalue weighted by atomic mass is 9.93. The van der Waals surface area contributed by atoms with E-state index in [4.69, 9.17) is 9.72 Å². The lowest BCUT2D eigenvalue weighted by Crippen LogP contribution is -2.48. The second-order valence-electron chi connectivity index (χ2n) is 19.0. The van der Waals surface area contributed by atoms with Gasteiger partial charge in [0.25, 0.3) is 5.91 Å². The van der Waals surface area contributed by atoms with Crippen molar-refractivity contribution in [1.29, 1.82) is 0 Å². The lowest BCUT2D eigenvalue weighted by Gasteiger charge is -2.36. The molecule has 0 aliphatic carbocycles. The van der Waals surface area contributed by atoms with Gasteiger partial charge in [0.15, 0.2) is 10.8 Å². The zero-order valence-electron chi connectivity index (χ0n) is 41.0. The predicted octanol–water partition coefficient (Wildman–Crippen LogP) is 9.05. The Labute approximate surface area is 430 Å². The Kier molecular flexibility index (Phi) is 13.1. The van der Waals surface area contributed by atoms with E-state index in [9.17, 15) is 29.1 Å². The van der Waals surface area contributed by atoms with E-state index in [1.807, 2.05) is 127 Å². The van der Waals surface area contributed by atoms with E-state index in [0.29, 0.717) is 116 Å². The minimum atomic E-state index is -1.15. The van der Waals surface area contributed by atoms with Crippen molar-refractivity contribution in [3.63, 3.8) is 0 Å². The van der Waals surface area contributed by atoms with Crippen LogP contribution < -0.4 is 25.2 Å². The van der Waals surface area contributed by atoms with Crippen molar-refractivity contribution in [2.75, 3.05) is 47.8 Å². The van der Waals surface area contributed by atoms with Gasteiger partial charge in [0.05, 0.1) is 27.3 Å². The molecule has 5 aromatic carbocycles. The van der Waals surface area contributed by atoms with Gasteiger partial charge in [-0.1, -0.05) is 59.9 Å². The number of pyridine rings is 1. The van der Waals surface area contributed by atoms with Crippen LogP contribution in [0.3, 0.4) is 0 Å². The zero-order valence-corrected chi connectivity index (χ0v) is 41.8. The van der Waals surface area contributed by atoms with Crippen molar-refractivity contribution in [2.45, 2.75) is 57.9 Å². The van der Waals surface area contributed by atoms with Crippen LogP contribution in [0.25, 0.3) is 32.2 Å². The maximum atomic E-state index is 13.7. The first kappa shape index (κ1) is 47.9. The van der Waals surface area contributed by atoms with Crippen LogP contribution in [-0.4, -0.2) is 92.1 Å². The van der Waals surface area contributed by atoms with E-state index in [0.717, 1.165) is 55.5 Å². The Morgan fingerprint density at radius 1 is 0.838 bits per heavy atom. The van der Waals surface area contributed by atoms with E-state index in [1.165, 1.54) is 11.3 Å². The topological polar surface area (TPSA) is 192 Å². The summed E-state index contributed by atoms with van der Waals surface area (Å²) in [4.78, 5) is 79.7. The standard InChI is InChI=1S/C57H53N9O7S/c1-34-39(40-22-24-49(59-53(40)56(71)72)66-27-26-36-9-6-11-41(44(36)33-66)54(69)61-57-58-45-12-3-4-14-48(45)74-57)10-7-13-47(34)73-38-19-16-35(17-20-38)8-5-15-51(68)65-30-28-64(29-31-65)37-18-21-42-46(32-37)63(2)62-52(42)43-23-25-50(67)60-55(43)70/h3-4,6-7,9-14,16-22,24,32,43H,5,8,15,23,25-31,33H2,1-2H3,(H,71,72)(H,58,61,69)(H,60,67,70). The number of aryl methyl sites for hydroxylation is 2. The van der Waals surface area contributed by atoms with Crippen LogP contribution in [0.2, 0.25) is 0 Å². The number of hydrogen-bond acceptors (Lipinski definition) is 12. The van der Waals surface area contributed by atoms with Crippen molar-refractivity contribution < 1.29 is 33.8 Å². The van der Waals surface area contributed by atoms with Crippen LogP contribution >= 0.6 is 11.3 Å². The van der Waals surface area contributed by atoms with Crippen LogP contribution in [0.15, 0.2) is 115 Å². The monoisotopic (exact) mass is 1010 g/mol. The molecule has 16 nitrogen and oxygen atoms in total. The van der Waals surface area contributed by atoms with Crippen LogP contribution in [0.4, 0.5) is 16.6 Å². The molecule has 3 aromatic heterocycles. The van der Waals surface area contributed by atoms with Crippen molar-refractivity contribution in [1.82, 2.24) is 30.0 Å². The average molecular weight is 1010 g/mol.